The minimum absolute atomic E-state index is 0.183. The van der Waals surface area contributed by atoms with Gasteiger partial charge in [0.15, 0.2) is 0 Å². The van der Waals surface area contributed by atoms with Crippen LogP contribution >= 0.6 is 0 Å². The molecule has 0 aliphatic carbocycles. The standard InChI is InChI=1S/C14H27N3O/c1-2-7-16-14(18)5-8-15-12-6-10-17-9-3-4-13(17)11-12/h12-13,15H,2-11H2,1H3,(H,16,18). The van der Waals surface area contributed by atoms with Crippen molar-refractivity contribution in [3.63, 3.8) is 0 Å². The summed E-state index contributed by atoms with van der Waals surface area (Å²) >= 11 is 0. The summed E-state index contributed by atoms with van der Waals surface area (Å²) in [7, 11) is 0. The Morgan fingerprint density at radius 2 is 2.17 bits per heavy atom. The maximum Gasteiger partial charge on any atom is 0.221 e. The van der Waals surface area contributed by atoms with E-state index in [2.05, 4.69) is 22.5 Å². The molecule has 2 N–H and O–H groups in total. The fraction of sp³-hybridized carbons (Fsp3) is 0.929. The Kier molecular flexibility index (Phi) is 5.45. The van der Waals surface area contributed by atoms with Gasteiger partial charge in [0.05, 0.1) is 0 Å². The Morgan fingerprint density at radius 1 is 1.28 bits per heavy atom. The molecule has 4 nitrogen and oxygen atoms in total. The van der Waals surface area contributed by atoms with Gasteiger partial charge >= 0.3 is 0 Å². The lowest BCUT2D eigenvalue weighted by molar-refractivity contribution is -0.121. The van der Waals surface area contributed by atoms with Crippen LogP contribution < -0.4 is 10.6 Å². The normalized spacial score (nSPS) is 28.1. The molecule has 0 radical (unpaired) electrons. The van der Waals surface area contributed by atoms with E-state index in [9.17, 15) is 4.79 Å². The summed E-state index contributed by atoms with van der Waals surface area (Å²) in [6, 6.07) is 1.44. The minimum atomic E-state index is 0.183. The van der Waals surface area contributed by atoms with Crippen molar-refractivity contribution < 1.29 is 4.79 Å². The number of rotatable bonds is 6. The van der Waals surface area contributed by atoms with Gasteiger partial charge in [0, 0.05) is 31.6 Å². The highest BCUT2D eigenvalue weighted by molar-refractivity contribution is 5.75. The second-order valence-electron chi connectivity index (χ2n) is 5.61. The highest BCUT2D eigenvalue weighted by atomic mass is 16.1. The zero-order valence-corrected chi connectivity index (χ0v) is 11.6. The first-order valence-corrected chi connectivity index (χ1v) is 7.53. The fourth-order valence-electron chi connectivity index (χ4n) is 3.15. The van der Waals surface area contributed by atoms with Gasteiger partial charge in [-0.1, -0.05) is 6.92 Å². The van der Waals surface area contributed by atoms with Crippen LogP contribution in [-0.2, 0) is 4.79 Å². The summed E-state index contributed by atoms with van der Waals surface area (Å²) in [6.07, 6.45) is 6.89. The molecule has 2 heterocycles. The number of amides is 1. The maximum atomic E-state index is 11.5. The lowest BCUT2D eigenvalue weighted by atomic mass is 9.97. The van der Waals surface area contributed by atoms with E-state index in [0.29, 0.717) is 12.5 Å². The van der Waals surface area contributed by atoms with Gasteiger partial charge < -0.3 is 15.5 Å². The number of carbonyl (C=O) groups is 1. The SMILES string of the molecule is CCCNC(=O)CCNC1CCN2CCCC2C1. The van der Waals surface area contributed by atoms with E-state index in [1.807, 2.05) is 0 Å². The van der Waals surface area contributed by atoms with Crippen molar-refractivity contribution in [2.24, 2.45) is 0 Å². The van der Waals surface area contributed by atoms with Crippen LogP contribution in [-0.4, -0.2) is 49.1 Å². The molecule has 0 saturated carbocycles. The highest BCUT2D eigenvalue weighted by Gasteiger charge is 2.31. The van der Waals surface area contributed by atoms with Gasteiger partial charge in [-0.2, -0.15) is 0 Å². The Labute approximate surface area is 110 Å². The molecule has 2 atom stereocenters. The molecule has 2 saturated heterocycles. The Hall–Kier alpha value is -0.610. The molecule has 2 aliphatic heterocycles. The number of nitrogens with zero attached hydrogens (tertiary/aromatic N) is 1. The third kappa shape index (κ3) is 3.95. The van der Waals surface area contributed by atoms with Gasteiger partial charge in [0.2, 0.25) is 5.91 Å². The number of hydrogen-bond donors (Lipinski definition) is 2. The van der Waals surface area contributed by atoms with Gasteiger partial charge in [-0.05, 0) is 45.2 Å². The van der Waals surface area contributed by atoms with Gasteiger partial charge in [-0.3, -0.25) is 4.79 Å². The molecule has 18 heavy (non-hydrogen) atoms. The fourth-order valence-corrected chi connectivity index (χ4v) is 3.15. The number of fused-ring (bicyclic) bond motifs is 1. The Bertz CT molecular complexity index is 270. The van der Waals surface area contributed by atoms with Crippen molar-refractivity contribution in [1.82, 2.24) is 15.5 Å². The van der Waals surface area contributed by atoms with Crippen LogP contribution in [0.2, 0.25) is 0 Å². The lowest BCUT2D eigenvalue weighted by Crippen LogP contribution is -2.46. The average molecular weight is 253 g/mol. The van der Waals surface area contributed by atoms with Crippen molar-refractivity contribution in [2.45, 2.75) is 57.5 Å². The second-order valence-corrected chi connectivity index (χ2v) is 5.61. The molecule has 0 aromatic rings. The van der Waals surface area contributed by atoms with Gasteiger partial charge in [-0.15, -0.1) is 0 Å². The van der Waals surface area contributed by atoms with E-state index in [1.54, 1.807) is 0 Å². The largest absolute Gasteiger partial charge is 0.356 e. The van der Waals surface area contributed by atoms with Crippen LogP contribution in [0.4, 0.5) is 0 Å². The number of carbonyl (C=O) groups excluding carboxylic acids is 1. The van der Waals surface area contributed by atoms with Crippen molar-refractivity contribution >= 4 is 5.91 Å². The van der Waals surface area contributed by atoms with Crippen molar-refractivity contribution in [3.8, 4) is 0 Å². The quantitative estimate of drug-likeness (QED) is 0.745. The van der Waals surface area contributed by atoms with Gasteiger partial charge in [-0.25, -0.2) is 0 Å². The summed E-state index contributed by atoms with van der Waals surface area (Å²) in [5.41, 5.74) is 0. The molecule has 1 amide bonds. The van der Waals surface area contributed by atoms with Crippen molar-refractivity contribution in [1.29, 1.82) is 0 Å². The number of piperidine rings is 1. The molecule has 0 aromatic heterocycles. The van der Waals surface area contributed by atoms with E-state index in [1.165, 1.54) is 38.8 Å². The third-order valence-electron chi connectivity index (χ3n) is 4.18. The molecule has 0 spiro atoms. The minimum Gasteiger partial charge on any atom is -0.356 e. The van der Waals surface area contributed by atoms with Gasteiger partial charge in [0.1, 0.15) is 0 Å². The van der Waals surface area contributed by atoms with E-state index in [4.69, 9.17) is 0 Å². The van der Waals surface area contributed by atoms with E-state index in [0.717, 1.165) is 25.6 Å². The van der Waals surface area contributed by atoms with Crippen LogP contribution in [0.5, 0.6) is 0 Å². The first-order chi connectivity index (χ1) is 8.79. The predicted molar refractivity (Wildman–Crippen MR) is 73.5 cm³/mol. The van der Waals surface area contributed by atoms with E-state index in [-0.39, 0.29) is 5.91 Å². The molecule has 0 aromatic carbocycles. The Balaban J connectivity index is 1.58. The zero-order valence-electron chi connectivity index (χ0n) is 11.6. The molecular formula is C14H27N3O. The highest BCUT2D eigenvalue weighted by Crippen LogP contribution is 2.26. The molecule has 2 aliphatic rings. The molecule has 104 valence electrons. The lowest BCUT2D eigenvalue weighted by Gasteiger charge is -2.35. The van der Waals surface area contributed by atoms with Crippen LogP contribution in [0.3, 0.4) is 0 Å². The monoisotopic (exact) mass is 253 g/mol. The molecule has 2 fully saturated rings. The molecular weight excluding hydrogens is 226 g/mol. The molecule has 2 unspecified atom stereocenters. The Morgan fingerprint density at radius 3 is 3.00 bits per heavy atom. The summed E-state index contributed by atoms with van der Waals surface area (Å²) < 4.78 is 0. The average Bonchev–Trinajstić information content (AvgIpc) is 2.83. The second kappa shape index (κ2) is 7.10. The van der Waals surface area contributed by atoms with Crippen LogP contribution in [0, 0.1) is 0 Å². The van der Waals surface area contributed by atoms with Crippen LogP contribution in [0.15, 0.2) is 0 Å². The topological polar surface area (TPSA) is 44.4 Å². The predicted octanol–water partition coefficient (Wildman–Crippen LogP) is 1.12. The summed E-state index contributed by atoms with van der Waals surface area (Å²) in [6.45, 7) is 6.25. The maximum absolute atomic E-state index is 11.5. The zero-order chi connectivity index (χ0) is 12.8. The molecule has 2 rings (SSSR count). The number of hydrogen-bond acceptors (Lipinski definition) is 3. The third-order valence-corrected chi connectivity index (χ3v) is 4.18. The van der Waals surface area contributed by atoms with Crippen molar-refractivity contribution in [3.05, 3.63) is 0 Å². The first-order valence-electron chi connectivity index (χ1n) is 7.53. The van der Waals surface area contributed by atoms with Crippen LogP contribution in [0.1, 0.15) is 45.4 Å². The summed E-state index contributed by atoms with van der Waals surface area (Å²) in [5, 5.41) is 6.47. The molecule has 0 bridgehead atoms. The summed E-state index contributed by atoms with van der Waals surface area (Å²) in [4.78, 5) is 14.1. The first kappa shape index (κ1) is 13.8. The summed E-state index contributed by atoms with van der Waals surface area (Å²) in [5.74, 6) is 0.183. The van der Waals surface area contributed by atoms with Gasteiger partial charge in [0.25, 0.3) is 0 Å². The molecule has 4 heteroatoms. The van der Waals surface area contributed by atoms with E-state index < -0.39 is 0 Å². The van der Waals surface area contributed by atoms with Crippen LogP contribution in [0.25, 0.3) is 0 Å². The van der Waals surface area contributed by atoms with E-state index >= 15 is 0 Å². The van der Waals surface area contributed by atoms with Crippen molar-refractivity contribution in [2.75, 3.05) is 26.2 Å². The number of nitrogens with one attached hydrogen (secondary N) is 2. The smallest absolute Gasteiger partial charge is 0.221 e.